The zero-order valence-electron chi connectivity index (χ0n) is 10.0. The van der Waals surface area contributed by atoms with Crippen LogP contribution in [0.1, 0.15) is 32.1 Å². The molecule has 0 aromatic rings. The second kappa shape index (κ2) is 5.49. The third-order valence-electron chi connectivity index (χ3n) is 3.78. The van der Waals surface area contributed by atoms with E-state index in [9.17, 15) is 9.59 Å². The Morgan fingerprint density at radius 1 is 1.41 bits per heavy atom. The maximum Gasteiger partial charge on any atom is 0.305 e. The van der Waals surface area contributed by atoms with E-state index < -0.39 is 12.0 Å². The minimum atomic E-state index is -0.900. The van der Waals surface area contributed by atoms with Crippen LogP contribution in [0.4, 0.5) is 0 Å². The molecule has 1 saturated carbocycles. The number of carboxylic acids is 1. The van der Waals surface area contributed by atoms with E-state index in [0.29, 0.717) is 12.5 Å². The minimum absolute atomic E-state index is 0.0848. The van der Waals surface area contributed by atoms with Crippen LogP contribution in [-0.4, -0.2) is 47.6 Å². The fraction of sp³-hybridized carbons (Fsp3) is 0.833. The number of carbonyl (C=O) groups excluding carboxylic acids is 1. The van der Waals surface area contributed by atoms with Gasteiger partial charge in [0.15, 0.2) is 0 Å². The summed E-state index contributed by atoms with van der Waals surface area (Å²) in [6.45, 7) is 2.30. The number of rotatable bonds is 4. The molecule has 1 atom stereocenters. The Kier molecular flexibility index (Phi) is 3.99. The van der Waals surface area contributed by atoms with Gasteiger partial charge in [-0.25, -0.2) is 0 Å². The predicted octanol–water partition coefficient (Wildman–Crippen LogP) is 0.452. The molecule has 2 fully saturated rings. The number of nitrogens with zero attached hydrogens (tertiary/aromatic N) is 1. The zero-order chi connectivity index (χ0) is 12.3. The van der Waals surface area contributed by atoms with Crippen molar-refractivity contribution in [2.75, 3.05) is 19.6 Å². The normalized spacial score (nSPS) is 27.1. The van der Waals surface area contributed by atoms with Crippen molar-refractivity contribution >= 4 is 11.9 Å². The van der Waals surface area contributed by atoms with Crippen molar-refractivity contribution in [3.8, 4) is 0 Å². The first-order valence-electron chi connectivity index (χ1n) is 6.40. The zero-order valence-corrected chi connectivity index (χ0v) is 10.0. The maximum atomic E-state index is 11.7. The van der Waals surface area contributed by atoms with E-state index in [1.54, 1.807) is 0 Å². The number of nitrogens with one attached hydrogen (secondary N) is 1. The molecule has 1 amide bonds. The van der Waals surface area contributed by atoms with Gasteiger partial charge in [-0.05, 0) is 18.8 Å². The number of amides is 1. The Bertz CT molecular complexity index is 300. The van der Waals surface area contributed by atoms with E-state index in [4.69, 9.17) is 5.11 Å². The third-order valence-corrected chi connectivity index (χ3v) is 3.78. The number of carbonyl (C=O) groups is 2. The van der Waals surface area contributed by atoms with Crippen molar-refractivity contribution < 1.29 is 14.7 Å². The van der Waals surface area contributed by atoms with Gasteiger partial charge in [-0.3, -0.25) is 14.5 Å². The standard InChI is InChI=1S/C12H20N2O3/c15-11(16)7-10-12(17)13-5-6-14(10)8-9-3-1-2-4-9/h9-10H,1-8H2,(H,13,17)(H,15,16). The summed E-state index contributed by atoms with van der Waals surface area (Å²) in [4.78, 5) is 24.5. The highest BCUT2D eigenvalue weighted by Crippen LogP contribution is 2.26. The maximum absolute atomic E-state index is 11.7. The van der Waals surface area contributed by atoms with E-state index >= 15 is 0 Å². The fourth-order valence-corrected chi connectivity index (χ4v) is 2.89. The molecule has 0 radical (unpaired) electrons. The lowest BCUT2D eigenvalue weighted by molar-refractivity contribution is -0.143. The fourth-order valence-electron chi connectivity index (χ4n) is 2.89. The summed E-state index contributed by atoms with van der Waals surface area (Å²) in [5, 5.41) is 11.6. The average molecular weight is 240 g/mol. The topological polar surface area (TPSA) is 69.6 Å². The van der Waals surface area contributed by atoms with Crippen molar-refractivity contribution in [3.63, 3.8) is 0 Å². The summed E-state index contributed by atoms with van der Waals surface area (Å²) in [6, 6.07) is -0.471. The Balaban J connectivity index is 1.95. The van der Waals surface area contributed by atoms with Gasteiger partial charge in [0, 0.05) is 19.6 Å². The van der Waals surface area contributed by atoms with Gasteiger partial charge in [-0.15, -0.1) is 0 Å². The quantitative estimate of drug-likeness (QED) is 0.748. The highest BCUT2D eigenvalue weighted by Gasteiger charge is 2.33. The molecule has 1 aliphatic heterocycles. The molecule has 5 nitrogen and oxygen atoms in total. The van der Waals surface area contributed by atoms with Gasteiger partial charge in [-0.2, -0.15) is 0 Å². The molecule has 1 aliphatic carbocycles. The van der Waals surface area contributed by atoms with E-state index in [-0.39, 0.29) is 12.3 Å². The van der Waals surface area contributed by atoms with Gasteiger partial charge in [-0.1, -0.05) is 12.8 Å². The first kappa shape index (κ1) is 12.4. The number of hydrogen-bond donors (Lipinski definition) is 2. The van der Waals surface area contributed by atoms with Crippen molar-refractivity contribution in [2.45, 2.75) is 38.1 Å². The predicted molar refractivity (Wildman–Crippen MR) is 62.6 cm³/mol. The molecule has 0 aromatic carbocycles. The van der Waals surface area contributed by atoms with Gasteiger partial charge in [0.25, 0.3) is 0 Å². The summed E-state index contributed by atoms with van der Waals surface area (Å²) in [5.41, 5.74) is 0. The largest absolute Gasteiger partial charge is 0.481 e. The van der Waals surface area contributed by atoms with Gasteiger partial charge in [0.2, 0.25) is 5.91 Å². The summed E-state index contributed by atoms with van der Waals surface area (Å²) < 4.78 is 0. The monoisotopic (exact) mass is 240 g/mol. The molecule has 1 heterocycles. The van der Waals surface area contributed by atoms with Gasteiger partial charge >= 0.3 is 5.97 Å². The molecule has 1 saturated heterocycles. The molecule has 5 heteroatoms. The number of piperazine rings is 1. The Hall–Kier alpha value is -1.10. The summed E-state index contributed by atoms with van der Waals surface area (Å²) >= 11 is 0. The second-order valence-electron chi connectivity index (χ2n) is 5.05. The number of carboxylic acid groups (broad SMARTS) is 1. The highest BCUT2D eigenvalue weighted by atomic mass is 16.4. The van der Waals surface area contributed by atoms with Crippen LogP contribution in [0, 0.1) is 5.92 Å². The highest BCUT2D eigenvalue weighted by molar-refractivity contribution is 5.86. The van der Waals surface area contributed by atoms with Crippen LogP contribution in [0.5, 0.6) is 0 Å². The minimum Gasteiger partial charge on any atom is -0.481 e. The number of hydrogen-bond acceptors (Lipinski definition) is 3. The van der Waals surface area contributed by atoms with Gasteiger partial charge in [0.05, 0.1) is 12.5 Å². The van der Waals surface area contributed by atoms with Crippen molar-refractivity contribution in [3.05, 3.63) is 0 Å². The average Bonchev–Trinajstić information content (AvgIpc) is 2.75. The lowest BCUT2D eigenvalue weighted by atomic mass is 10.0. The van der Waals surface area contributed by atoms with Crippen LogP contribution in [0.25, 0.3) is 0 Å². The van der Waals surface area contributed by atoms with Crippen LogP contribution in [-0.2, 0) is 9.59 Å². The molecule has 0 bridgehead atoms. The van der Waals surface area contributed by atoms with E-state index in [1.165, 1.54) is 25.7 Å². The van der Waals surface area contributed by atoms with Crippen molar-refractivity contribution in [2.24, 2.45) is 5.92 Å². The summed E-state index contributed by atoms with van der Waals surface area (Å²) in [7, 11) is 0. The first-order valence-corrected chi connectivity index (χ1v) is 6.40. The summed E-state index contributed by atoms with van der Waals surface area (Å²) in [5.74, 6) is -0.377. The Labute approximate surface area is 101 Å². The van der Waals surface area contributed by atoms with E-state index in [2.05, 4.69) is 10.2 Å². The molecule has 17 heavy (non-hydrogen) atoms. The van der Waals surface area contributed by atoms with Gasteiger partial charge in [0.1, 0.15) is 0 Å². The third kappa shape index (κ3) is 3.19. The first-order chi connectivity index (χ1) is 8.16. The Morgan fingerprint density at radius 2 is 2.12 bits per heavy atom. The van der Waals surface area contributed by atoms with Crippen LogP contribution in [0.2, 0.25) is 0 Å². The van der Waals surface area contributed by atoms with E-state index in [1.807, 2.05) is 0 Å². The van der Waals surface area contributed by atoms with Crippen LogP contribution in [0.15, 0.2) is 0 Å². The molecule has 0 spiro atoms. The molecular weight excluding hydrogens is 220 g/mol. The van der Waals surface area contributed by atoms with Crippen molar-refractivity contribution in [1.29, 1.82) is 0 Å². The number of aliphatic carboxylic acids is 1. The second-order valence-corrected chi connectivity index (χ2v) is 5.05. The lowest BCUT2D eigenvalue weighted by Crippen LogP contribution is -2.56. The molecule has 2 N–H and O–H groups in total. The SMILES string of the molecule is O=C(O)CC1C(=O)NCCN1CC1CCCC1. The van der Waals surface area contributed by atoms with Crippen LogP contribution < -0.4 is 5.32 Å². The van der Waals surface area contributed by atoms with Gasteiger partial charge < -0.3 is 10.4 Å². The van der Waals surface area contributed by atoms with Crippen LogP contribution in [0.3, 0.4) is 0 Å². The molecule has 2 aliphatic rings. The molecule has 2 rings (SSSR count). The van der Waals surface area contributed by atoms with E-state index in [0.717, 1.165) is 13.1 Å². The van der Waals surface area contributed by atoms with Crippen molar-refractivity contribution in [1.82, 2.24) is 10.2 Å². The Morgan fingerprint density at radius 3 is 2.76 bits per heavy atom. The molecular formula is C12H20N2O3. The molecule has 0 aromatic heterocycles. The summed E-state index contributed by atoms with van der Waals surface area (Å²) in [6.07, 6.45) is 4.90. The smallest absolute Gasteiger partial charge is 0.305 e. The molecule has 1 unspecified atom stereocenters. The van der Waals surface area contributed by atoms with Crippen LogP contribution >= 0.6 is 0 Å². The lowest BCUT2D eigenvalue weighted by Gasteiger charge is -2.35. The molecule has 96 valence electrons.